The topological polar surface area (TPSA) is 59.3 Å². The predicted molar refractivity (Wildman–Crippen MR) is 79.1 cm³/mol. The predicted octanol–water partition coefficient (Wildman–Crippen LogP) is 2.72. The number of carbonyl (C=O) groups excluding carboxylic acids is 1. The van der Waals surface area contributed by atoms with Crippen molar-refractivity contribution in [2.75, 3.05) is 6.54 Å². The highest BCUT2D eigenvalue weighted by molar-refractivity contribution is 7.16. The Balaban J connectivity index is 1.55. The lowest BCUT2D eigenvalue weighted by Crippen LogP contribution is -2.25. The lowest BCUT2D eigenvalue weighted by molar-refractivity contribution is 0.0949. The molecule has 0 fully saturated rings. The van der Waals surface area contributed by atoms with E-state index in [1.54, 1.807) is 10.7 Å². The van der Waals surface area contributed by atoms with Gasteiger partial charge < -0.3 is 5.32 Å². The first-order valence-electron chi connectivity index (χ1n) is 7.01. The summed E-state index contributed by atoms with van der Waals surface area (Å²) < 4.78 is 1.67. The van der Waals surface area contributed by atoms with Crippen LogP contribution < -0.4 is 5.32 Å². The molecule has 1 amide bonds. The van der Waals surface area contributed by atoms with Crippen molar-refractivity contribution < 1.29 is 4.79 Å². The summed E-state index contributed by atoms with van der Waals surface area (Å²) in [5.74, 6) is -0.114. The van der Waals surface area contributed by atoms with E-state index in [1.807, 2.05) is 6.92 Å². The van der Waals surface area contributed by atoms with Crippen molar-refractivity contribution in [1.29, 1.82) is 0 Å². The Bertz CT molecular complexity index is 624. The first-order chi connectivity index (χ1) is 9.72. The second-order valence-electron chi connectivity index (χ2n) is 5.09. The van der Waals surface area contributed by atoms with Crippen molar-refractivity contribution >= 4 is 22.2 Å². The van der Waals surface area contributed by atoms with E-state index < -0.39 is 0 Å². The Morgan fingerprint density at radius 3 is 3.15 bits per heavy atom. The normalized spacial score (nSPS) is 15.3. The van der Waals surface area contributed by atoms with E-state index in [0.717, 1.165) is 16.4 Å². The summed E-state index contributed by atoms with van der Waals surface area (Å²) in [5.41, 5.74) is 1.92. The Hall–Kier alpha value is -1.69. The number of fused-ring (bicyclic) bond motifs is 1. The highest BCUT2D eigenvalue weighted by Gasteiger charge is 2.13. The number of imidazole rings is 1. The van der Waals surface area contributed by atoms with E-state index in [4.69, 9.17) is 0 Å². The van der Waals surface area contributed by atoms with Gasteiger partial charge in [0.2, 0.25) is 4.96 Å². The number of carbonyl (C=O) groups is 1. The fourth-order valence-electron chi connectivity index (χ4n) is 2.47. The fraction of sp³-hybridized carbons (Fsp3) is 0.500. The Labute approximate surface area is 121 Å². The molecule has 0 bridgehead atoms. The second-order valence-corrected chi connectivity index (χ2v) is 6.25. The van der Waals surface area contributed by atoms with Gasteiger partial charge in [-0.1, -0.05) is 23.0 Å². The SMILES string of the molecule is Cc1nn2cc(C(=O)NCCC3=CCCCC3)nc2s1. The van der Waals surface area contributed by atoms with Gasteiger partial charge in [-0.2, -0.15) is 5.10 Å². The molecule has 1 N–H and O–H groups in total. The minimum Gasteiger partial charge on any atom is -0.350 e. The molecule has 2 aromatic rings. The van der Waals surface area contributed by atoms with Crippen molar-refractivity contribution in [3.05, 3.63) is 28.5 Å². The lowest BCUT2D eigenvalue weighted by Gasteiger charge is -2.12. The van der Waals surface area contributed by atoms with Crippen LogP contribution in [-0.2, 0) is 0 Å². The fourth-order valence-corrected chi connectivity index (χ4v) is 3.19. The summed E-state index contributed by atoms with van der Waals surface area (Å²) in [4.78, 5) is 17.1. The molecular formula is C14H18N4OS. The molecule has 2 heterocycles. The third-order valence-electron chi connectivity index (χ3n) is 3.49. The number of nitrogens with one attached hydrogen (secondary N) is 1. The molecule has 2 aromatic heterocycles. The smallest absolute Gasteiger partial charge is 0.271 e. The van der Waals surface area contributed by atoms with E-state index in [-0.39, 0.29) is 5.91 Å². The number of nitrogens with zero attached hydrogens (tertiary/aromatic N) is 3. The van der Waals surface area contributed by atoms with Crippen LogP contribution in [-0.4, -0.2) is 27.0 Å². The maximum absolute atomic E-state index is 12.0. The first kappa shape index (κ1) is 13.3. The number of rotatable bonds is 4. The molecule has 0 radical (unpaired) electrons. The van der Waals surface area contributed by atoms with Crippen molar-refractivity contribution in [2.45, 2.75) is 39.0 Å². The maximum Gasteiger partial charge on any atom is 0.271 e. The van der Waals surface area contributed by atoms with E-state index in [1.165, 1.54) is 42.6 Å². The lowest BCUT2D eigenvalue weighted by atomic mass is 9.97. The highest BCUT2D eigenvalue weighted by atomic mass is 32.1. The summed E-state index contributed by atoms with van der Waals surface area (Å²) in [6.07, 6.45) is 9.90. The van der Waals surface area contributed by atoms with Gasteiger partial charge in [-0.3, -0.25) is 4.79 Å². The standard InChI is InChI=1S/C14H18N4OS/c1-10-17-18-9-12(16-14(18)20-10)13(19)15-8-7-11-5-3-2-4-6-11/h5,9H,2-4,6-8H2,1H3,(H,15,19). The number of aromatic nitrogens is 3. The molecule has 5 nitrogen and oxygen atoms in total. The third kappa shape index (κ3) is 2.90. The van der Waals surface area contributed by atoms with Crippen LogP contribution in [0.4, 0.5) is 0 Å². The van der Waals surface area contributed by atoms with Gasteiger partial charge in [-0.05, 0) is 39.0 Å². The van der Waals surface area contributed by atoms with Crippen LogP contribution in [0.1, 0.15) is 47.6 Å². The molecule has 0 saturated heterocycles. The minimum absolute atomic E-state index is 0.114. The van der Waals surface area contributed by atoms with Gasteiger partial charge in [0.15, 0.2) is 0 Å². The van der Waals surface area contributed by atoms with Crippen LogP contribution in [0.3, 0.4) is 0 Å². The largest absolute Gasteiger partial charge is 0.350 e. The molecule has 106 valence electrons. The van der Waals surface area contributed by atoms with E-state index in [0.29, 0.717) is 12.2 Å². The van der Waals surface area contributed by atoms with Crippen molar-refractivity contribution in [3.63, 3.8) is 0 Å². The van der Waals surface area contributed by atoms with Gasteiger partial charge in [0, 0.05) is 6.54 Å². The molecule has 1 aliphatic carbocycles. The molecule has 0 aliphatic heterocycles. The minimum atomic E-state index is -0.114. The summed E-state index contributed by atoms with van der Waals surface area (Å²) >= 11 is 1.49. The van der Waals surface area contributed by atoms with Crippen LogP contribution in [0.15, 0.2) is 17.8 Å². The molecular weight excluding hydrogens is 272 g/mol. The zero-order valence-corrected chi connectivity index (χ0v) is 12.4. The summed E-state index contributed by atoms with van der Waals surface area (Å²) in [6, 6.07) is 0. The van der Waals surface area contributed by atoms with Gasteiger partial charge in [-0.15, -0.1) is 0 Å². The van der Waals surface area contributed by atoms with Gasteiger partial charge in [0.1, 0.15) is 10.7 Å². The zero-order chi connectivity index (χ0) is 13.9. The summed E-state index contributed by atoms with van der Waals surface area (Å²) in [7, 11) is 0. The van der Waals surface area contributed by atoms with Crippen molar-refractivity contribution in [1.82, 2.24) is 19.9 Å². The second kappa shape index (κ2) is 5.75. The molecule has 3 rings (SSSR count). The van der Waals surface area contributed by atoms with E-state index in [2.05, 4.69) is 21.5 Å². The Kier molecular flexibility index (Phi) is 3.82. The maximum atomic E-state index is 12.0. The van der Waals surface area contributed by atoms with Gasteiger partial charge in [0.05, 0.1) is 6.20 Å². The molecule has 1 aliphatic rings. The summed E-state index contributed by atoms with van der Waals surface area (Å²) in [6.45, 7) is 2.61. The Morgan fingerprint density at radius 2 is 2.40 bits per heavy atom. The summed E-state index contributed by atoms with van der Waals surface area (Å²) in [5, 5.41) is 8.13. The van der Waals surface area contributed by atoms with Gasteiger partial charge in [-0.25, -0.2) is 9.50 Å². The number of aryl methyl sites for hydroxylation is 1. The van der Waals surface area contributed by atoms with E-state index in [9.17, 15) is 4.79 Å². The van der Waals surface area contributed by atoms with E-state index >= 15 is 0 Å². The number of hydrogen-bond acceptors (Lipinski definition) is 4. The molecule has 0 atom stereocenters. The molecule has 0 aromatic carbocycles. The van der Waals surface area contributed by atoms with Gasteiger partial charge >= 0.3 is 0 Å². The molecule has 0 saturated carbocycles. The number of allylic oxidation sites excluding steroid dienone is 1. The van der Waals surface area contributed by atoms with Crippen LogP contribution in [0.2, 0.25) is 0 Å². The average Bonchev–Trinajstić information content (AvgIpc) is 2.97. The number of hydrogen-bond donors (Lipinski definition) is 1. The molecule has 0 spiro atoms. The van der Waals surface area contributed by atoms with Crippen LogP contribution in [0.5, 0.6) is 0 Å². The van der Waals surface area contributed by atoms with Crippen molar-refractivity contribution in [2.24, 2.45) is 0 Å². The molecule has 0 unspecified atom stereocenters. The number of amides is 1. The van der Waals surface area contributed by atoms with Crippen molar-refractivity contribution in [3.8, 4) is 0 Å². The van der Waals surface area contributed by atoms with Crippen LogP contribution in [0, 0.1) is 6.92 Å². The molecule has 6 heteroatoms. The highest BCUT2D eigenvalue weighted by Crippen LogP contribution is 2.19. The van der Waals surface area contributed by atoms with Crippen LogP contribution >= 0.6 is 11.3 Å². The van der Waals surface area contributed by atoms with Gasteiger partial charge in [0.25, 0.3) is 5.91 Å². The van der Waals surface area contributed by atoms with Crippen LogP contribution in [0.25, 0.3) is 4.96 Å². The quantitative estimate of drug-likeness (QED) is 0.881. The monoisotopic (exact) mass is 290 g/mol. The average molecular weight is 290 g/mol. The first-order valence-corrected chi connectivity index (χ1v) is 7.83. The third-order valence-corrected chi connectivity index (χ3v) is 4.33. The Morgan fingerprint density at radius 1 is 1.50 bits per heavy atom. The zero-order valence-electron chi connectivity index (χ0n) is 11.6. The molecule has 20 heavy (non-hydrogen) atoms.